The lowest BCUT2D eigenvalue weighted by Crippen LogP contribution is -2.44. The van der Waals surface area contributed by atoms with E-state index < -0.39 is 0 Å². The second-order valence-corrected chi connectivity index (χ2v) is 5.57. The van der Waals surface area contributed by atoms with Crippen molar-refractivity contribution in [1.82, 2.24) is 10.2 Å². The molecule has 0 spiro atoms. The van der Waals surface area contributed by atoms with Gasteiger partial charge in [-0.25, -0.2) is 0 Å². The molecular formula is C16H26N2O. The van der Waals surface area contributed by atoms with Gasteiger partial charge < -0.3 is 15.0 Å². The molecule has 1 fully saturated rings. The molecule has 1 saturated heterocycles. The summed E-state index contributed by atoms with van der Waals surface area (Å²) in [5.41, 5.74) is 2.67. The largest absolute Gasteiger partial charge is 0.496 e. The first kappa shape index (κ1) is 14.4. The zero-order valence-electron chi connectivity index (χ0n) is 12.4. The summed E-state index contributed by atoms with van der Waals surface area (Å²) in [5, 5.41) is 3.39. The van der Waals surface area contributed by atoms with Crippen molar-refractivity contribution in [1.29, 1.82) is 0 Å². The second kappa shape index (κ2) is 6.92. The summed E-state index contributed by atoms with van der Waals surface area (Å²) in [7, 11) is 1.77. The number of nitrogens with zero attached hydrogens (tertiary/aromatic N) is 1. The second-order valence-electron chi connectivity index (χ2n) is 5.57. The van der Waals surface area contributed by atoms with Crippen LogP contribution in [0.25, 0.3) is 0 Å². The minimum absolute atomic E-state index is 0.511. The van der Waals surface area contributed by atoms with Crippen LogP contribution in [0, 0.1) is 0 Å². The first-order chi connectivity index (χ1) is 9.20. The highest BCUT2D eigenvalue weighted by molar-refractivity contribution is 5.39. The molecule has 0 saturated carbocycles. The number of ether oxygens (including phenoxy) is 1. The van der Waals surface area contributed by atoms with Gasteiger partial charge in [0.25, 0.3) is 0 Å². The number of nitrogens with one attached hydrogen (secondary N) is 1. The molecule has 0 aromatic heterocycles. The number of rotatable bonds is 5. The van der Waals surface area contributed by atoms with Crippen molar-refractivity contribution in [2.45, 2.75) is 26.2 Å². The summed E-state index contributed by atoms with van der Waals surface area (Å²) in [6.45, 7) is 10.1. The van der Waals surface area contributed by atoms with Crippen molar-refractivity contribution in [3.8, 4) is 5.75 Å². The molecule has 19 heavy (non-hydrogen) atoms. The van der Waals surface area contributed by atoms with Crippen molar-refractivity contribution in [3.05, 3.63) is 29.3 Å². The van der Waals surface area contributed by atoms with E-state index >= 15 is 0 Å². The SMILES string of the molecule is COc1cc(CCN2CCNCC2)ccc1C(C)C. The summed E-state index contributed by atoms with van der Waals surface area (Å²) in [4.78, 5) is 2.53. The van der Waals surface area contributed by atoms with Gasteiger partial charge in [0.15, 0.2) is 0 Å². The fourth-order valence-corrected chi connectivity index (χ4v) is 2.61. The summed E-state index contributed by atoms with van der Waals surface area (Å²) < 4.78 is 5.52. The van der Waals surface area contributed by atoms with Crippen LogP contribution < -0.4 is 10.1 Å². The molecular weight excluding hydrogens is 236 g/mol. The Morgan fingerprint density at radius 3 is 2.63 bits per heavy atom. The molecule has 1 aromatic rings. The van der Waals surface area contributed by atoms with E-state index in [2.05, 4.69) is 42.3 Å². The van der Waals surface area contributed by atoms with Crippen LogP contribution in [0.1, 0.15) is 30.9 Å². The van der Waals surface area contributed by atoms with Crippen molar-refractivity contribution >= 4 is 0 Å². The van der Waals surface area contributed by atoms with Gasteiger partial charge in [-0.1, -0.05) is 26.0 Å². The standard InChI is InChI=1S/C16H26N2O/c1-13(2)15-5-4-14(12-16(15)19-3)6-9-18-10-7-17-8-11-18/h4-5,12-13,17H,6-11H2,1-3H3. The quantitative estimate of drug-likeness (QED) is 0.881. The van der Waals surface area contributed by atoms with Crippen molar-refractivity contribution < 1.29 is 4.74 Å². The van der Waals surface area contributed by atoms with Crippen LogP contribution in [0.5, 0.6) is 5.75 Å². The highest BCUT2D eigenvalue weighted by Gasteiger charge is 2.11. The topological polar surface area (TPSA) is 24.5 Å². The highest BCUT2D eigenvalue weighted by atomic mass is 16.5. The molecule has 3 heteroatoms. The number of piperazine rings is 1. The lowest BCUT2D eigenvalue weighted by molar-refractivity contribution is 0.244. The molecule has 2 rings (SSSR count). The van der Waals surface area contributed by atoms with Crippen LogP contribution >= 0.6 is 0 Å². The predicted molar refractivity (Wildman–Crippen MR) is 80.1 cm³/mol. The number of hydrogen-bond acceptors (Lipinski definition) is 3. The minimum atomic E-state index is 0.511. The van der Waals surface area contributed by atoms with Crippen LogP contribution in [0.3, 0.4) is 0 Å². The number of benzene rings is 1. The Hall–Kier alpha value is -1.06. The van der Waals surface area contributed by atoms with Gasteiger partial charge in [-0.3, -0.25) is 0 Å². The number of methoxy groups -OCH3 is 1. The van der Waals surface area contributed by atoms with Gasteiger partial charge in [0, 0.05) is 32.7 Å². The maximum Gasteiger partial charge on any atom is 0.122 e. The maximum atomic E-state index is 5.52. The van der Waals surface area contributed by atoms with Crippen molar-refractivity contribution in [3.63, 3.8) is 0 Å². The van der Waals surface area contributed by atoms with E-state index in [1.807, 2.05) is 0 Å². The van der Waals surface area contributed by atoms with Crippen molar-refractivity contribution in [2.24, 2.45) is 0 Å². The Morgan fingerprint density at radius 1 is 1.26 bits per heavy atom. The molecule has 0 unspecified atom stereocenters. The fourth-order valence-electron chi connectivity index (χ4n) is 2.61. The van der Waals surface area contributed by atoms with Crippen LogP contribution in [-0.2, 0) is 6.42 Å². The minimum Gasteiger partial charge on any atom is -0.496 e. The van der Waals surface area contributed by atoms with Gasteiger partial charge in [-0.05, 0) is 29.5 Å². The van der Waals surface area contributed by atoms with Gasteiger partial charge in [0.05, 0.1) is 7.11 Å². The third kappa shape index (κ3) is 3.95. The monoisotopic (exact) mass is 262 g/mol. The first-order valence-electron chi connectivity index (χ1n) is 7.30. The van der Waals surface area contributed by atoms with E-state index in [-0.39, 0.29) is 0 Å². The number of hydrogen-bond donors (Lipinski definition) is 1. The van der Waals surface area contributed by atoms with E-state index in [1.165, 1.54) is 24.2 Å². The normalized spacial score (nSPS) is 16.8. The Bertz CT molecular complexity index is 398. The lowest BCUT2D eigenvalue weighted by Gasteiger charge is -2.27. The molecule has 1 aromatic carbocycles. The molecule has 1 aliphatic heterocycles. The molecule has 1 aliphatic rings. The van der Waals surface area contributed by atoms with Gasteiger partial charge in [0.2, 0.25) is 0 Å². The molecule has 3 nitrogen and oxygen atoms in total. The van der Waals surface area contributed by atoms with Gasteiger partial charge in [-0.15, -0.1) is 0 Å². The van der Waals surface area contributed by atoms with E-state index in [9.17, 15) is 0 Å². The molecule has 106 valence electrons. The Kier molecular flexibility index (Phi) is 5.23. The summed E-state index contributed by atoms with van der Waals surface area (Å²) in [6.07, 6.45) is 1.11. The lowest BCUT2D eigenvalue weighted by atomic mass is 9.99. The van der Waals surface area contributed by atoms with Gasteiger partial charge in [0.1, 0.15) is 5.75 Å². The Labute approximate surface area is 116 Å². The van der Waals surface area contributed by atoms with E-state index in [0.717, 1.165) is 31.8 Å². The Balaban J connectivity index is 1.96. The molecule has 1 heterocycles. The third-order valence-electron chi connectivity index (χ3n) is 3.85. The fraction of sp³-hybridized carbons (Fsp3) is 0.625. The average Bonchev–Trinajstić information content (AvgIpc) is 2.45. The highest BCUT2D eigenvalue weighted by Crippen LogP contribution is 2.27. The van der Waals surface area contributed by atoms with Gasteiger partial charge in [-0.2, -0.15) is 0 Å². The van der Waals surface area contributed by atoms with Crippen LogP contribution in [-0.4, -0.2) is 44.7 Å². The molecule has 1 N–H and O–H groups in total. The molecule has 0 amide bonds. The molecule has 0 radical (unpaired) electrons. The first-order valence-corrected chi connectivity index (χ1v) is 7.30. The zero-order chi connectivity index (χ0) is 13.7. The van der Waals surface area contributed by atoms with Crippen LogP contribution in [0.2, 0.25) is 0 Å². The van der Waals surface area contributed by atoms with Crippen LogP contribution in [0.15, 0.2) is 18.2 Å². The molecule has 0 aliphatic carbocycles. The van der Waals surface area contributed by atoms with Crippen molar-refractivity contribution in [2.75, 3.05) is 39.8 Å². The third-order valence-corrected chi connectivity index (χ3v) is 3.85. The maximum absolute atomic E-state index is 5.52. The smallest absolute Gasteiger partial charge is 0.122 e. The van der Waals surface area contributed by atoms with E-state index in [1.54, 1.807) is 7.11 Å². The van der Waals surface area contributed by atoms with Crippen LogP contribution in [0.4, 0.5) is 0 Å². The average molecular weight is 262 g/mol. The zero-order valence-corrected chi connectivity index (χ0v) is 12.4. The summed E-state index contributed by atoms with van der Waals surface area (Å²) in [6, 6.07) is 6.67. The van der Waals surface area contributed by atoms with E-state index in [0.29, 0.717) is 5.92 Å². The molecule has 0 atom stereocenters. The summed E-state index contributed by atoms with van der Waals surface area (Å²) >= 11 is 0. The summed E-state index contributed by atoms with van der Waals surface area (Å²) in [5.74, 6) is 1.55. The predicted octanol–water partition coefficient (Wildman–Crippen LogP) is 2.27. The van der Waals surface area contributed by atoms with Gasteiger partial charge >= 0.3 is 0 Å². The Morgan fingerprint density at radius 2 is 2.00 bits per heavy atom. The molecule has 0 bridgehead atoms. The van der Waals surface area contributed by atoms with E-state index in [4.69, 9.17) is 4.74 Å².